The summed E-state index contributed by atoms with van der Waals surface area (Å²) in [6, 6.07) is 6.99. The van der Waals surface area contributed by atoms with Crippen molar-refractivity contribution < 1.29 is 19.4 Å². The van der Waals surface area contributed by atoms with Crippen LogP contribution in [-0.4, -0.2) is 30.6 Å². The van der Waals surface area contributed by atoms with Gasteiger partial charge in [-0.05, 0) is 30.4 Å². The molecular formula is C15H19NO4. The number of carbonyl (C=O) groups excluding carboxylic acids is 1. The Morgan fingerprint density at radius 2 is 2.05 bits per heavy atom. The molecule has 0 radical (unpaired) electrons. The van der Waals surface area contributed by atoms with Gasteiger partial charge in [-0.25, -0.2) is 0 Å². The highest BCUT2D eigenvalue weighted by atomic mass is 16.5. The van der Waals surface area contributed by atoms with Gasteiger partial charge in [-0.3, -0.25) is 9.59 Å². The Kier molecular flexibility index (Phi) is 4.27. The highest BCUT2D eigenvalue weighted by molar-refractivity contribution is 5.96. The minimum Gasteiger partial charge on any atom is -0.496 e. The zero-order chi connectivity index (χ0) is 14.6. The van der Waals surface area contributed by atoms with Gasteiger partial charge in [0, 0.05) is 6.54 Å². The summed E-state index contributed by atoms with van der Waals surface area (Å²) >= 11 is 0. The third kappa shape index (κ3) is 3.10. The molecule has 1 aliphatic rings. The van der Waals surface area contributed by atoms with Crippen LogP contribution in [0.4, 0.5) is 0 Å². The van der Waals surface area contributed by atoms with Crippen molar-refractivity contribution in [1.82, 2.24) is 5.32 Å². The molecular weight excluding hydrogens is 258 g/mol. The van der Waals surface area contributed by atoms with Gasteiger partial charge in [0.1, 0.15) is 5.75 Å². The fourth-order valence-electron chi connectivity index (χ4n) is 2.61. The molecule has 0 unspecified atom stereocenters. The van der Waals surface area contributed by atoms with Gasteiger partial charge in [-0.15, -0.1) is 0 Å². The summed E-state index contributed by atoms with van der Waals surface area (Å²) in [5, 5.41) is 11.8. The third-order valence-electron chi connectivity index (χ3n) is 3.92. The number of carbonyl (C=O) groups is 2. The largest absolute Gasteiger partial charge is 0.496 e. The Hall–Kier alpha value is -2.04. The highest BCUT2D eigenvalue weighted by Crippen LogP contribution is 2.43. The summed E-state index contributed by atoms with van der Waals surface area (Å²) in [6.45, 7) is 0.399. The topological polar surface area (TPSA) is 75.6 Å². The molecule has 108 valence electrons. The van der Waals surface area contributed by atoms with Crippen LogP contribution in [0.15, 0.2) is 24.3 Å². The van der Waals surface area contributed by atoms with E-state index < -0.39 is 5.97 Å². The van der Waals surface area contributed by atoms with Crippen molar-refractivity contribution in [2.24, 2.45) is 5.41 Å². The molecule has 0 atom stereocenters. The predicted molar refractivity (Wildman–Crippen MR) is 73.9 cm³/mol. The van der Waals surface area contributed by atoms with Crippen molar-refractivity contribution >= 4 is 11.9 Å². The Morgan fingerprint density at radius 3 is 2.60 bits per heavy atom. The molecule has 2 rings (SSSR count). The molecule has 5 nitrogen and oxygen atoms in total. The zero-order valence-corrected chi connectivity index (χ0v) is 11.5. The average molecular weight is 277 g/mol. The first-order valence-electron chi connectivity index (χ1n) is 6.69. The molecule has 0 spiro atoms. The van der Waals surface area contributed by atoms with Gasteiger partial charge in [0.2, 0.25) is 0 Å². The number of para-hydroxylation sites is 1. The van der Waals surface area contributed by atoms with Crippen molar-refractivity contribution in [3.63, 3.8) is 0 Å². The Labute approximate surface area is 117 Å². The Bertz CT molecular complexity index is 508. The lowest BCUT2D eigenvalue weighted by Crippen LogP contribution is -2.43. The summed E-state index contributed by atoms with van der Waals surface area (Å²) in [4.78, 5) is 23.0. The SMILES string of the molecule is COc1ccccc1C(=O)NCC1(CC(=O)O)CCC1. The molecule has 0 heterocycles. The second-order valence-corrected chi connectivity index (χ2v) is 5.31. The molecule has 1 aromatic carbocycles. The van der Waals surface area contributed by atoms with E-state index in [1.54, 1.807) is 24.3 Å². The number of carboxylic acid groups (broad SMARTS) is 1. The summed E-state index contributed by atoms with van der Waals surface area (Å²) in [6.07, 6.45) is 2.84. The van der Waals surface area contributed by atoms with E-state index in [2.05, 4.69) is 5.32 Å². The summed E-state index contributed by atoms with van der Waals surface area (Å²) in [5.41, 5.74) is 0.198. The van der Waals surface area contributed by atoms with E-state index in [1.165, 1.54) is 7.11 Å². The molecule has 20 heavy (non-hydrogen) atoms. The first-order valence-corrected chi connectivity index (χ1v) is 6.69. The van der Waals surface area contributed by atoms with Crippen LogP contribution < -0.4 is 10.1 Å². The van der Waals surface area contributed by atoms with Gasteiger partial charge >= 0.3 is 5.97 Å². The summed E-state index contributed by atoms with van der Waals surface area (Å²) < 4.78 is 5.15. The molecule has 1 fully saturated rings. The lowest BCUT2D eigenvalue weighted by molar-refractivity contribution is -0.141. The number of benzene rings is 1. The number of rotatable bonds is 6. The van der Waals surface area contributed by atoms with Gasteiger partial charge in [0.25, 0.3) is 5.91 Å². The van der Waals surface area contributed by atoms with E-state index in [-0.39, 0.29) is 17.7 Å². The van der Waals surface area contributed by atoms with Crippen molar-refractivity contribution in [2.75, 3.05) is 13.7 Å². The van der Waals surface area contributed by atoms with E-state index >= 15 is 0 Å². The van der Waals surface area contributed by atoms with E-state index in [9.17, 15) is 9.59 Å². The first-order chi connectivity index (χ1) is 9.56. The predicted octanol–water partition coefficient (Wildman–Crippen LogP) is 2.07. The van der Waals surface area contributed by atoms with Crippen molar-refractivity contribution in [2.45, 2.75) is 25.7 Å². The molecule has 0 saturated heterocycles. The molecule has 0 aliphatic heterocycles. The molecule has 1 aliphatic carbocycles. The number of aliphatic carboxylic acids is 1. The summed E-state index contributed by atoms with van der Waals surface area (Å²) in [7, 11) is 1.52. The number of carboxylic acids is 1. The van der Waals surface area contributed by atoms with Crippen LogP contribution in [0.1, 0.15) is 36.0 Å². The highest BCUT2D eigenvalue weighted by Gasteiger charge is 2.39. The molecule has 1 amide bonds. The number of hydrogen-bond donors (Lipinski definition) is 2. The second-order valence-electron chi connectivity index (χ2n) is 5.31. The van der Waals surface area contributed by atoms with Crippen molar-refractivity contribution in [3.05, 3.63) is 29.8 Å². The molecule has 1 aromatic rings. The average Bonchev–Trinajstić information content (AvgIpc) is 2.40. The van der Waals surface area contributed by atoms with Crippen LogP contribution in [-0.2, 0) is 4.79 Å². The quantitative estimate of drug-likeness (QED) is 0.834. The molecule has 5 heteroatoms. The maximum absolute atomic E-state index is 12.2. The fraction of sp³-hybridized carbons (Fsp3) is 0.467. The third-order valence-corrected chi connectivity index (χ3v) is 3.92. The Balaban J connectivity index is 1.99. The minimum atomic E-state index is -0.809. The minimum absolute atomic E-state index is 0.110. The van der Waals surface area contributed by atoms with Crippen LogP contribution in [0, 0.1) is 5.41 Å². The zero-order valence-electron chi connectivity index (χ0n) is 11.5. The van der Waals surface area contributed by atoms with Crippen molar-refractivity contribution in [1.29, 1.82) is 0 Å². The number of hydrogen-bond acceptors (Lipinski definition) is 3. The maximum Gasteiger partial charge on any atom is 0.303 e. The van der Waals surface area contributed by atoms with Gasteiger partial charge in [-0.2, -0.15) is 0 Å². The fourth-order valence-corrected chi connectivity index (χ4v) is 2.61. The molecule has 1 saturated carbocycles. The summed E-state index contributed by atoms with van der Waals surface area (Å²) in [5.74, 6) is -0.513. The van der Waals surface area contributed by atoms with Gasteiger partial charge in [0.05, 0.1) is 19.1 Å². The standard InChI is InChI=1S/C15H19NO4/c1-20-12-6-3-2-5-11(12)14(19)16-10-15(7-4-8-15)9-13(17)18/h2-3,5-6H,4,7-10H2,1H3,(H,16,19)(H,17,18). The van der Waals surface area contributed by atoms with Crippen LogP contribution in [0.5, 0.6) is 5.75 Å². The monoisotopic (exact) mass is 277 g/mol. The number of nitrogens with one attached hydrogen (secondary N) is 1. The van der Waals surface area contributed by atoms with E-state index in [0.717, 1.165) is 19.3 Å². The van der Waals surface area contributed by atoms with Crippen LogP contribution in [0.25, 0.3) is 0 Å². The molecule has 0 aromatic heterocycles. The lowest BCUT2D eigenvalue weighted by atomic mass is 9.66. The normalized spacial score (nSPS) is 16.1. The second kappa shape index (κ2) is 5.94. The first kappa shape index (κ1) is 14.4. The number of methoxy groups -OCH3 is 1. The van der Waals surface area contributed by atoms with E-state index in [1.807, 2.05) is 0 Å². The lowest BCUT2D eigenvalue weighted by Gasteiger charge is -2.40. The van der Waals surface area contributed by atoms with Crippen molar-refractivity contribution in [3.8, 4) is 5.75 Å². The van der Waals surface area contributed by atoms with Crippen LogP contribution in [0.3, 0.4) is 0 Å². The molecule has 0 bridgehead atoms. The van der Waals surface area contributed by atoms with E-state index in [0.29, 0.717) is 17.9 Å². The molecule has 2 N–H and O–H groups in total. The van der Waals surface area contributed by atoms with Gasteiger partial charge in [0.15, 0.2) is 0 Å². The Morgan fingerprint density at radius 1 is 1.35 bits per heavy atom. The number of amides is 1. The van der Waals surface area contributed by atoms with Crippen LogP contribution in [0.2, 0.25) is 0 Å². The van der Waals surface area contributed by atoms with Gasteiger partial charge in [-0.1, -0.05) is 18.6 Å². The number of ether oxygens (including phenoxy) is 1. The smallest absolute Gasteiger partial charge is 0.303 e. The maximum atomic E-state index is 12.2. The van der Waals surface area contributed by atoms with Gasteiger partial charge < -0.3 is 15.2 Å². The van der Waals surface area contributed by atoms with Crippen LogP contribution >= 0.6 is 0 Å². The van der Waals surface area contributed by atoms with E-state index in [4.69, 9.17) is 9.84 Å².